The third kappa shape index (κ3) is 4.82. The number of hydrogen-bond acceptors (Lipinski definition) is 0. The zero-order valence-electron chi connectivity index (χ0n) is 4.37. The minimum absolute atomic E-state index is 0.698. The molecule has 0 aromatic carbocycles. The average molecular weight is 121 g/mol. The van der Waals surface area contributed by atoms with Crippen molar-refractivity contribution in [2.75, 3.05) is 0 Å². The van der Waals surface area contributed by atoms with Gasteiger partial charge >= 0.3 is 13.2 Å². The number of hydrogen-bond donors (Lipinski definition) is 0. The first-order chi connectivity index (χ1) is 2.77. The van der Waals surface area contributed by atoms with Crippen LogP contribution in [0.25, 0.3) is 0 Å². The summed E-state index contributed by atoms with van der Waals surface area (Å²) in [6.45, 7) is 2.17. The van der Waals surface area contributed by atoms with Crippen molar-refractivity contribution in [3.8, 4) is 0 Å². The fourth-order valence-corrected chi connectivity index (χ4v) is 1.85. The summed E-state index contributed by atoms with van der Waals surface area (Å²) in [5.74, 6) is 2.16. The molecule has 0 N–H and O–H groups in total. The summed E-state index contributed by atoms with van der Waals surface area (Å²) < 4.78 is 0. The Morgan fingerprint density at radius 1 is 1.67 bits per heavy atom. The van der Waals surface area contributed by atoms with Gasteiger partial charge in [-0.05, 0) is 0 Å². The molecule has 0 aromatic heterocycles. The third-order valence-corrected chi connectivity index (χ3v) is 2.71. The van der Waals surface area contributed by atoms with E-state index in [9.17, 15) is 0 Å². The predicted octanol–water partition coefficient (Wildman–Crippen LogP) is 2.26. The van der Waals surface area contributed by atoms with E-state index in [1.807, 2.05) is 0 Å². The maximum Gasteiger partial charge on any atom is 0.396 e. The molecule has 0 saturated heterocycles. The molecule has 0 unspecified atom stereocenters. The summed E-state index contributed by atoms with van der Waals surface area (Å²) in [5, 5.41) is 1.28. The van der Waals surface area contributed by atoms with Crippen molar-refractivity contribution in [3.63, 3.8) is 0 Å². The minimum Gasteiger partial charge on any atom is -0.261 e. The van der Waals surface area contributed by atoms with E-state index < -0.39 is 13.2 Å². The molecule has 0 spiro atoms. The normalized spacial score (nSPS) is 8.50. The molecule has 0 aromatic rings. The van der Waals surface area contributed by atoms with Gasteiger partial charge in [0.25, 0.3) is 0 Å². The highest BCUT2D eigenvalue weighted by atomic mass is 35.6. The quantitative estimate of drug-likeness (QED) is 0.491. The van der Waals surface area contributed by atoms with Crippen molar-refractivity contribution in [1.82, 2.24) is 0 Å². The third-order valence-electron chi connectivity index (χ3n) is 0.686. The van der Waals surface area contributed by atoms with Crippen LogP contribution in [-0.2, 0) is 0 Å². The first-order valence-electron chi connectivity index (χ1n) is 2.41. The lowest BCUT2D eigenvalue weighted by atomic mass is 10.6. The van der Waals surface area contributed by atoms with Crippen LogP contribution in [0, 0.1) is 0 Å². The van der Waals surface area contributed by atoms with Gasteiger partial charge in [0.1, 0.15) is 0 Å². The summed E-state index contributed by atoms with van der Waals surface area (Å²) in [6.07, 6.45) is 1.26. The van der Waals surface area contributed by atoms with Crippen molar-refractivity contribution >= 4 is 23.3 Å². The molecule has 0 radical (unpaired) electrons. The fraction of sp³-hybridized carbons (Fsp3) is 1.00. The Hall–Kier alpha value is 0.822. The fourth-order valence-electron chi connectivity index (χ4n) is 0.398. The van der Waals surface area contributed by atoms with Crippen LogP contribution in [-0.4, -0.2) is 13.2 Å². The van der Waals surface area contributed by atoms with Gasteiger partial charge < -0.3 is 0 Å². The van der Waals surface area contributed by atoms with Gasteiger partial charge in [-0.3, -0.25) is 10.0 Å². The highest BCUT2D eigenvalue weighted by Crippen LogP contribution is 1.98. The van der Waals surface area contributed by atoms with Crippen LogP contribution >= 0.6 is 10.0 Å². The maximum atomic E-state index is 5.72. The second-order valence-electron chi connectivity index (χ2n) is 1.57. The summed E-state index contributed by atoms with van der Waals surface area (Å²) in [6, 6.07) is 0. The van der Waals surface area contributed by atoms with Crippen molar-refractivity contribution < 1.29 is 0 Å². The van der Waals surface area contributed by atoms with Crippen LogP contribution in [0.4, 0.5) is 0 Å². The zero-order valence-corrected chi connectivity index (χ0v) is 6.28. The molecule has 2 heteroatoms. The predicted molar refractivity (Wildman–Crippen MR) is 32.6 cm³/mol. The van der Waals surface area contributed by atoms with Crippen LogP contribution in [0.1, 0.15) is 13.3 Å². The van der Waals surface area contributed by atoms with Gasteiger partial charge in [-0.25, -0.2) is 0 Å². The smallest absolute Gasteiger partial charge is 0.261 e. The van der Waals surface area contributed by atoms with Crippen LogP contribution in [0.2, 0.25) is 11.1 Å². The Morgan fingerprint density at radius 3 is 2.17 bits per heavy atom. The summed E-state index contributed by atoms with van der Waals surface area (Å²) in [7, 11) is 5.72. The molecule has 0 atom stereocenters. The van der Waals surface area contributed by atoms with Crippen molar-refractivity contribution in [2.45, 2.75) is 24.4 Å². The highest BCUT2D eigenvalue weighted by Gasteiger charge is 2.01. The summed E-state index contributed by atoms with van der Waals surface area (Å²) >= 11 is -0.698. The maximum absolute atomic E-state index is 5.72. The molecular formula is C4H10AlCl. The summed E-state index contributed by atoms with van der Waals surface area (Å²) in [5.41, 5.74) is 0. The Bertz CT molecular complexity index is 28.7. The SMILES string of the molecule is CC[CH2][Al]([CH3])[Cl]. The molecule has 0 bridgehead atoms. The number of rotatable bonds is 2. The molecule has 0 rings (SSSR count). The molecule has 0 fully saturated rings. The van der Waals surface area contributed by atoms with Crippen molar-refractivity contribution in [2.24, 2.45) is 0 Å². The molecule has 0 amide bonds. The second-order valence-corrected chi connectivity index (χ2v) is 5.94. The van der Waals surface area contributed by atoms with Gasteiger partial charge in [0.15, 0.2) is 0 Å². The Kier molecular flexibility index (Phi) is 4.54. The average Bonchev–Trinajstić information content (AvgIpc) is 1.35. The van der Waals surface area contributed by atoms with E-state index in [4.69, 9.17) is 10.0 Å². The molecule has 0 nitrogen and oxygen atoms in total. The van der Waals surface area contributed by atoms with Gasteiger partial charge in [0.2, 0.25) is 0 Å². The molecule has 6 heavy (non-hydrogen) atoms. The lowest BCUT2D eigenvalue weighted by Gasteiger charge is -1.85. The number of halogens is 1. The molecule has 0 heterocycles. The molecule has 36 valence electrons. The van der Waals surface area contributed by atoms with Gasteiger partial charge in [0.05, 0.1) is 0 Å². The van der Waals surface area contributed by atoms with Gasteiger partial charge in [-0.15, -0.1) is 0 Å². The topological polar surface area (TPSA) is 0 Å². The van der Waals surface area contributed by atoms with Crippen LogP contribution < -0.4 is 0 Å². The van der Waals surface area contributed by atoms with E-state index in [-0.39, 0.29) is 0 Å². The molecule has 0 aliphatic rings. The Labute approximate surface area is 48.1 Å². The highest BCUT2D eigenvalue weighted by molar-refractivity contribution is 7.06. The summed E-state index contributed by atoms with van der Waals surface area (Å²) in [4.78, 5) is 0. The van der Waals surface area contributed by atoms with E-state index in [2.05, 4.69) is 12.7 Å². The second kappa shape index (κ2) is 3.99. The van der Waals surface area contributed by atoms with E-state index in [1.165, 1.54) is 11.7 Å². The molecular weight excluding hydrogens is 110 g/mol. The monoisotopic (exact) mass is 120 g/mol. The van der Waals surface area contributed by atoms with Crippen LogP contribution in [0.5, 0.6) is 0 Å². The van der Waals surface area contributed by atoms with Crippen LogP contribution in [0.3, 0.4) is 0 Å². The Balaban J connectivity index is 2.63. The van der Waals surface area contributed by atoms with Gasteiger partial charge in [0, 0.05) is 0 Å². The lowest BCUT2D eigenvalue weighted by molar-refractivity contribution is 1.07. The molecule has 0 saturated carbocycles. The standard InChI is InChI=1S/C3H7.CH3.Al.ClH/c1-3-2;;;/h1,3H2,2H3;1H3;;1H/q;;+1;/p-1. The van der Waals surface area contributed by atoms with E-state index in [1.54, 1.807) is 0 Å². The van der Waals surface area contributed by atoms with Crippen molar-refractivity contribution in [3.05, 3.63) is 0 Å². The Morgan fingerprint density at radius 2 is 2.17 bits per heavy atom. The van der Waals surface area contributed by atoms with E-state index in [0.29, 0.717) is 0 Å². The first kappa shape index (κ1) is 6.82. The molecule has 0 aliphatic heterocycles. The zero-order chi connectivity index (χ0) is 4.99. The minimum atomic E-state index is -0.698. The van der Waals surface area contributed by atoms with Gasteiger partial charge in [-0.1, -0.05) is 24.4 Å². The van der Waals surface area contributed by atoms with Crippen molar-refractivity contribution in [1.29, 1.82) is 0 Å². The lowest BCUT2D eigenvalue weighted by Crippen LogP contribution is -1.91. The first-order valence-corrected chi connectivity index (χ1v) is 6.13. The van der Waals surface area contributed by atoms with E-state index >= 15 is 0 Å². The van der Waals surface area contributed by atoms with Crippen LogP contribution in [0.15, 0.2) is 0 Å². The molecule has 0 aliphatic carbocycles. The largest absolute Gasteiger partial charge is 0.396 e. The van der Waals surface area contributed by atoms with E-state index in [0.717, 1.165) is 0 Å². The van der Waals surface area contributed by atoms with Gasteiger partial charge in [-0.2, -0.15) is 0 Å².